The maximum absolute atomic E-state index is 11.8. The molecule has 0 bridgehead atoms. The first-order chi connectivity index (χ1) is 13.2. The Labute approximate surface area is 162 Å². The quantitative estimate of drug-likeness (QED) is 0.589. The first-order valence-electron chi connectivity index (χ1n) is 10.1. The number of carbonyl (C=O) groups is 1. The summed E-state index contributed by atoms with van der Waals surface area (Å²) < 4.78 is 5.48. The van der Waals surface area contributed by atoms with Crippen molar-refractivity contribution in [3.63, 3.8) is 0 Å². The summed E-state index contributed by atoms with van der Waals surface area (Å²) >= 11 is 0. The number of hydrogen-bond donors (Lipinski definition) is 1. The van der Waals surface area contributed by atoms with Gasteiger partial charge >= 0.3 is 0 Å². The van der Waals surface area contributed by atoms with Gasteiger partial charge in [0.25, 0.3) is 0 Å². The van der Waals surface area contributed by atoms with Gasteiger partial charge in [-0.15, -0.1) is 0 Å². The predicted molar refractivity (Wildman–Crippen MR) is 107 cm³/mol. The van der Waals surface area contributed by atoms with E-state index in [1.807, 2.05) is 4.90 Å². The summed E-state index contributed by atoms with van der Waals surface area (Å²) in [4.78, 5) is 20.7. The second-order valence-electron chi connectivity index (χ2n) is 7.52. The van der Waals surface area contributed by atoms with E-state index in [2.05, 4.69) is 48.5 Å². The molecular formula is C21H32N4O2. The third kappa shape index (κ3) is 5.70. The van der Waals surface area contributed by atoms with Crippen LogP contribution in [0.4, 0.5) is 0 Å². The molecule has 1 atom stereocenters. The van der Waals surface area contributed by atoms with Crippen LogP contribution in [0.1, 0.15) is 37.3 Å². The zero-order valence-corrected chi connectivity index (χ0v) is 16.6. The van der Waals surface area contributed by atoms with Crippen LogP contribution in [0.15, 0.2) is 29.3 Å². The van der Waals surface area contributed by atoms with Gasteiger partial charge < -0.3 is 19.9 Å². The molecule has 0 radical (unpaired) electrons. The molecule has 0 aromatic heterocycles. The molecule has 2 fully saturated rings. The molecule has 3 rings (SSSR count). The third-order valence-electron chi connectivity index (χ3n) is 5.23. The van der Waals surface area contributed by atoms with E-state index in [9.17, 15) is 4.79 Å². The van der Waals surface area contributed by atoms with Crippen LogP contribution in [0.2, 0.25) is 0 Å². The number of nitrogens with zero attached hydrogens (tertiary/aromatic N) is 3. The molecule has 1 N–H and O–H groups in total. The largest absolute Gasteiger partial charge is 0.381 e. The highest BCUT2D eigenvalue weighted by molar-refractivity contribution is 5.79. The average Bonchev–Trinajstić information content (AvgIpc) is 3.32. The number of aliphatic imine (C=N–C) groups is 1. The minimum Gasteiger partial charge on any atom is -0.381 e. The molecule has 1 aromatic rings. The second-order valence-corrected chi connectivity index (χ2v) is 7.52. The van der Waals surface area contributed by atoms with Crippen LogP contribution in [-0.2, 0) is 22.6 Å². The first kappa shape index (κ1) is 19.7. The smallest absolute Gasteiger partial charge is 0.222 e. The Bertz CT molecular complexity index is 638. The standard InChI is InChI=1S/C21H32N4O2/c1-3-22-21(24(2)14-19-10-12-27-16-19)23-13-17-6-8-18(9-7-17)15-25-11-4-5-20(25)26/h6-9,19H,3-5,10-16H2,1-2H3,(H,22,23). The predicted octanol–water partition coefficient (Wildman–Crippen LogP) is 2.24. The number of benzene rings is 1. The number of rotatable bonds is 7. The number of amides is 1. The van der Waals surface area contributed by atoms with E-state index >= 15 is 0 Å². The lowest BCUT2D eigenvalue weighted by Crippen LogP contribution is -2.41. The fourth-order valence-corrected chi connectivity index (χ4v) is 3.68. The lowest BCUT2D eigenvalue weighted by atomic mass is 10.1. The SMILES string of the molecule is CCNC(=NCc1ccc(CN2CCCC2=O)cc1)N(C)CC1CCOC1. The highest BCUT2D eigenvalue weighted by Crippen LogP contribution is 2.16. The lowest BCUT2D eigenvalue weighted by molar-refractivity contribution is -0.128. The molecule has 148 valence electrons. The van der Waals surface area contributed by atoms with Crippen molar-refractivity contribution in [1.29, 1.82) is 0 Å². The number of likely N-dealkylation sites (tertiary alicyclic amines) is 1. The van der Waals surface area contributed by atoms with Crippen molar-refractivity contribution >= 4 is 11.9 Å². The zero-order valence-electron chi connectivity index (χ0n) is 16.6. The summed E-state index contributed by atoms with van der Waals surface area (Å²) in [7, 11) is 2.09. The van der Waals surface area contributed by atoms with Crippen molar-refractivity contribution in [3.05, 3.63) is 35.4 Å². The zero-order chi connectivity index (χ0) is 19.1. The molecule has 1 aromatic carbocycles. The molecule has 2 aliphatic rings. The van der Waals surface area contributed by atoms with Crippen LogP contribution in [0.25, 0.3) is 0 Å². The Hall–Kier alpha value is -2.08. The monoisotopic (exact) mass is 372 g/mol. The number of nitrogens with one attached hydrogen (secondary N) is 1. The maximum Gasteiger partial charge on any atom is 0.222 e. The maximum atomic E-state index is 11.8. The second kappa shape index (κ2) is 9.74. The molecule has 27 heavy (non-hydrogen) atoms. The molecule has 1 amide bonds. The number of ether oxygens (including phenoxy) is 1. The van der Waals surface area contributed by atoms with Crippen LogP contribution in [0, 0.1) is 5.92 Å². The summed E-state index contributed by atoms with van der Waals surface area (Å²) in [6.45, 7) is 7.90. The Morgan fingerprint density at radius 3 is 2.74 bits per heavy atom. The molecule has 6 nitrogen and oxygen atoms in total. The Kier molecular flexibility index (Phi) is 7.10. The van der Waals surface area contributed by atoms with Gasteiger partial charge in [-0.2, -0.15) is 0 Å². The normalized spacial score (nSPS) is 20.4. The summed E-state index contributed by atoms with van der Waals surface area (Å²) in [6.07, 6.45) is 2.81. The van der Waals surface area contributed by atoms with Crippen molar-refractivity contribution in [2.24, 2.45) is 10.9 Å². The highest BCUT2D eigenvalue weighted by atomic mass is 16.5. The fourth-order valence-electron chi connectivity index (χ4n) is 3.68. The van der Waals surface area contributed by atoms with Crippen molar-refractivity contribution in [2.75, 3.05) is 39.9 Å². The van der Waals surface area contributed by atoms with Crippen LogP contribution >= 0.6 is 0 Å². The Balaban J connectivity index is 1.55. The number of carbonyl (C=O) groups excluding carboxylic acids is 1. The van der Waals surface area contributed by atoms with Crippen molar-refractivity contribution in [3.8, 4) is 0 Å². The van der Waals surface area contributed by atoms with Gasteiger partial charge in [0, 0.05) is 52.2 Å². The molecule has 6 heteroatoms. The van der Waals surface area contributed by atoms with Crippen molar-refractivity contribution in [2.45, 2.75) is 39.3 Å². The van der Waals surface area contributed by atoms with Gasteiger partial charge in [-0.3, -0.25) is 4.79 Å². The van der Waals surface area contributed by atoms with Gasteiger partial charge in [0.05, 0.1) is 13.2 Å². The third-order valence-corrected chi connectivity index (χ3v) is 5.23. The van der Waals surface area contributed by atoms with Crippen molar-refractivity contribution in [1.82, 2.24) is 15.1 Å². The van der Waals surface area contributed by atoms with Crippen molar-refractivity contribution < 1.29 is 9.53 Å². The molecule has 0 spiro atoms. The molecule has 1 unspecified atom stereocenters. The van der Waals surface area contributed by atoms with Gasteiger partial charge in [-0.25, -0.2) is 4.99 Å². The summed E-state index contributed by atoms with van der Waals surface area (Å²) in [6, 6.07) is 8.47. The highest BCUT2D eigenvalue weighted by Gasteiger charge is 2.20. The molecular weight excluding hydrogens is 340 g/mol. The Morgan fingerprint density at radius 1 is 1.33 bits per heavy atom. The fraction of sp³-hybridized carbons (Fsp3) is 0.619. The topological polar surface area (TPSA) is 57.2 Å². The first-order valence-corrected chi connectivity index (χ1v) is 10.1. The van der Waals surface area contributed by atoms with Crippen LogP contribution in [0.3, 0.4) is 0 Å². The van der Waals surface area contributed by atoms with E-state index < -0.39 is 0 Å². The minimum atomic E-state index is 0.273. The molecule has 0 aliphatic carbocycles. The summed E-state index contributed by atoms with van der Waals surface area (Å²) in [5.74, 6) is 1.80. The van der Waals surface area contributed by atoms with Gasteiger partial charge in [0.1, 0.15) is 0 Å². The molecule has 0 saturated carbocycles. The van der Waals surface area contributed by atoms with Gasteiger partial charge in [-0.05, 0) is 30.9 Å². The van der Waals surface area contributed by atoms with E-state index in [0.29, 0.717) is 18.9 Å². The molecule has 2 aliphatic heterocycles. The summed E-state index contributed by atoms with van der Waals surface area (Å²) in [5.41, 5.74) is 2.36. The Morgan fingerprint density at radius 2 is 2.11 bits per heavy atom. The van der Waals surface area contributed by atoms with E-state index in [-0.39, 0.29) is 5.91 Å². The minimum absolute atomic E-state index is 0.273. The van der Waals surface area contributed by atoms with E-state index in [0.717, 1.165) is 58.2 Å². The molecule has 2 saturated heterocycles. The van der Waals surface area contributed by atoms with E-state index in [1.165, 1.54) is 11.1 Å². The van der Waals surface area contributed by atoms with E-state index in [4.69, 9.17) is 9.73 Å². The van der Waals surface area contributed by atoms with Crippen LogP contribution < -0.4 is 5.32 Å². The van der Waals surface area contributed by atoms with E-state index in [1.54, 1.807) is 0 Å². The summed E-state index contributed by atoms with van der Waals surface area (Å²) in [5, 5.41) is 3.38. The lowest BCUT2D eigenvalue weighted by Gasteiger charge is -2.24. The van der Waals surface area contributed by atoms with Gasteiger partial charge in [-0.1, -0.05) is 24.3 Å². The van der Waals surface area contributed by atoms with Gasteiger partial charge in [0.2, 0.25) is 5.91 Å². The number of guanidine groups is 1. The van der Waals surface area contributed by atoms with Crippen LogP contribution in [0.5, 0.6) is 0 Å². The molecule has 2 heterocycles. The average molecular weight is 373 g/mol. The number of hydrogen-bond acceptors (Lipinski definition) is 3. The van der Waals surface area contributed by atoms with Crippen LogP contribution in [-0.4, -0.2) is 61.6 Å². The van der Waals surface area contributed by atoms with Gasteiger partial charge in [0.15, 0.2) is 5.96 Å².